The number of hydrogen-bond acceptors (Lipinski definition) is 2. The zero-order valence-electron chi connectivity index (χ0n) is 10.8. The fourth-order valence-electron chi connectivity index (χ4n) is 1.65. The molecule has 1 N–H and O–H groups in total. The lowest BCUT2D eigenvalue weighted by molar-refractivity contribution is 0.102. The number of carbonyl (C=O) groups is 1. The first-order valence-electron chi connectivity index (χ1n) is 6.09. The molecule has 0 atom stereocenters. The highest BCUT2D eigenvalue weighted by Gasteiger charge is 2.09. The van der Waals surface area contributed by atoms with E-state index in [0.29, 0.717) is 22.9 Å². The minimum Gasteiger partial charge on any atom is -0.493 e. The van der Waals surface area contributed by atoms with Crippen molar-refractivity contribution in [2.24, 2.45) is 0 Å². The summed E-state index contributed by atoms with van der Waals surface area (Å²) in [4.78, 5) is 12.1. The minimum atomic E-state index is -0.184. The van der Waals surface area contributed by atoms with Crippen LogP contribution in [-0.2, 0) is 0 Å². The maximum Gasteiger partial charge on any atom is 0.255 e. The van der Waals surface area contributed by atoms with Crippen LogP contribution in [0.4, 0.5) is 5.69 Å². The molecule has 2 aromatic carbocycles. The molecule has 0 bridgehead atoms. The highest BCUT2D eigenvalue weighted by molar-refractivity contribution is 9.10. The molecule has 0 saturated carbocycles. The van der Waals surface area contributed by atoms with Crippen molar-refractivity contribution in [3.05, 3.63) is 57.5 Å². The fourth-order valence-corrected chi connectivity index (χ4v) is 2.27. The van der Waals surface area contributed by atoms with Crippen LogP contribution in [0.25, 0.3) is 0 Å². The van der Waals surface area contributed by atoms with Gasteiger partial charge in [-0.1, -0.05) is 11.6 Å². The van der Waals surface area contributed by atoms with Crippen LogP contribution >= 0.6 is 27.5 Å². The second-order valence-electron chi connectivity index (χ2n) is 4.04. The predicted octanol–water partition coefficient (Wildman–Crippen LogP) is 4.75. The molecule has 1 amide bonds. The Morgan fingerprint density at radius 1 is 1.25 bits per heavy atom. The van der Waals surface area contributed by atoms with Gasteiger partial charge in [0.1, 0.15) is 5.75 Å². The number of benzene rings is 2. The molecular weight excluding hydrogens is 342 g/mol. The molecule has 0 aromatic heterocycles. The lowest BCUT2D eigenvalue weighted by Gasteiger charge is -2.09. The second kappa shape index (κ2) is 6.77. The molecular formula is C15H13BrClNO2. The first-order chi connectivity index (χ1) is 9.60. The van der Waals surface area contributed by atoms with E-state index in [0.717, 1.165) is 10.2 Å². The molecule has 0 aliphatic heterocycles. The van der Waals surface area contributed by atoms with Crippen LogP contribution in [0.5, 0.6) is 5.75 Å². The highest BCUT2D eigenvalue weighted by Crippen LogP contribution is 2.26. The van der Waals surface area contributed by atoms with Gasteiger partial charge in [-0.2, -0.15) is 0 Å². The van der Waals surface area contributed by atoms with Crippen LogP contribution in [0.3, 0.4) is 0 Å². The third-order valence-electron chi connectivity index (χ3n) is 2.60. The molecule has 20 heavy (non-hydrogen) atoms. The molecule has 104 valence electrons. The van der Waals surface area contributed by atoms with Crippen molar-refractivity contribution in [3.8, 4) is 5.75 Å². The monoisotopic (exact) mass is 353 g/mol. The Labute approximate surface area is 131 Å². The van der Waals surface area contributed by atoms with E-state index in [-0.39, 0.29) is 5.91 Å². The first kappa shape index (κ1) is 14.9. The topological polar surface area (TPSA) is 38.3 Å². The lowest BCUT2D eigenvalue weighted by atomic mass is 10.2. The predicted molar refractivity (Wildman–Crippen MR) is 84.7 cm³/mol. The number of nitrogens with one attached hydrogen (secondary N) is 1. The number of carbonyl (C=O) groups excluding carboxylic acids is 1. The largest absolute Gasteiger partial charge is 0.493 e. The maximum absolute atomic E-state index is 12.1. The van der Waals surface area contributed by atoms with E-state index in [2.05, 4.69) is 21.2 Å². The first-order valence-corrected chi connectivity index (χ1v) is 7.26. The molecule has 5 heteroatoms. The van der Waals surface area contributed by atoms with Gasteiger partial charge in [0, 0.05) is 16.3 Å². The van der Waals surface area contributed by atoms with Gasteiger partial charge in [0.15, 0.2) is 0 Å². The van der Waals surface area contributed by atoms with Crippen molar-refractivity contribution < 1.29 is 9.53 Å². The molecule has 0 radical (unpaired) electrons. The van der Waals surface area contributed by atoms with Gasteiger partial charge in [-0.15, -0.1) is 0 Å². The van der Waals surface area contributed by atoms with E-state index < -0.39 is 0 Å². The molecule has 0 aliphatic rings. The van der Waals surface area contributed by atoms with Crippen molar-refractivity contribution in [1.29, 1.82) is 0 Å². The Hall–Kier alpha value is -1.52. The molecule has 0 unspecified atom stereocenters. The van der Waals surface area contributed by atoms with Gasteiger partial charge < -0.3 is 10.1 Å². The van der Waals surface area contributed by atoms with Crippen molar-refractivity contribution in [1.82, 2.24) is 0 Å². The quantitative estimate of drug-likeness (QED) is 0.860. The Kier molecular flexibility index (Phi) is 5.04. The average molecular weight is 355 g/mol. The standard InChI is InChI=1S/C15H13BrClNO2/c1-2-20-14-8-3-10(9-13(14)16)15(19)18-12-6-4-11(17)5-7-12/h3-9H,2H2,1H3,(H,18,19). The van der Waals surface area contributed by atoms with Crippen LogP contribution in [-0.4, -0.2) is 12.5 Å². The maximum atomic E-state index is 12.1. The number of hydrogen-bond donors (Lipinski definition) is 1. The van der Waals surface area contributed by atoms with E-state index in [4.69, 9.17) is 16.3 Å². The van der Waals surface area contributed by atoms with Crippen LogP contribution in [0.15, 0.2) is 46.9 Å². The highest BCUT2D eigenvalue weighted by atomic mass is 79.9. The van der Waals surface area contributed by atoms with Gasteiger partial charge in [-0.25, -0.2) is 0 Å². The number of amides is 1. The summed E-state index contributed by atoms with van der Waals surface area (Å²) in [6.07, 6.45) is 0. The zero-order valence-corrected chi connectivity index (χ0v) is 13.2. The molecule has 2 rings (SSSR count). The van der Waals surface area contributed by atoms with Gasteiger partial charge >= 0.3 is 0 Å². The van der Waals surface area contributed by atoms with E-state index in [1.807, 2.05) is 6.92 Å². The normalized spacial score (nSPS) is 10.2. The Bertz CT molecular complexity index is 614. The van der Waals surface area contributed by atoms with Gasteiger partial charge in [0.05, 0.1) is 11.1 Å². The second-order valence-corrected chi connectivity index (χ2v) is 5.33. The molecule has 0 aliphatic carbocycles. The number of anilines is 1. The molecule has 0 saturated heterocycles. The summed E-state index contributed by atoms with van der Waals surface area (Å²) in [6, 6.07) is 12.2. The smallest absolute Gasteiger partial charge is 0.255 e. The van der Waals surface area contributed by atoms with Gasteiger partial charge in [-0.3, -0.25) is 4.79 Å². The van der Waals surface area contributed by atoms with Gasteiger partial charge in [-0.05, 0) is 65.3 Å². The zero-order chi connectivity index (χ0) is 14.5. The molecule has 2 aromatic rings. The van der Waals surface area contributed by atoms with Crippen LogP contribution in [0, 0.1) is 0 Å². The summed E-state index contributed by atoms with van der Waals surface area (Å²) in [5, 5.41) is 3.44. The number of rotatable bonds is 4. The van der Waals surface area contributed by atoms with Gasteiger partial charge in [0.25, 0.3) is 5.91 Å². The summed E-state index contributed by atoms with van der Waals surface area (Å²) in [5.74, 6) is 0.534. The van der Waals surface area contributed by atoms with Crippen LogP contribution in [0.2, 0.25) is 5.02 Å². The number of halogens is 2. The molecule has 0 spiro atoms. The molecule has 0 fully saturated rings. The molecule has 0 heterocycles. The Balaban J connectivity index is 2.13. The van der Waals surface area contributed by atoms with E-state index in [1.54, 1.807) is 42.5 Å². The summed E-state index contributed by atoms with van der Waals surface area (Å²) in [6.45, 7) is 2.49. The minimum absolute atomic E-state index is 0.184. The van der Waals surface area contributed by atoms with Crippen molar-refractivity contribution in [2.45, 2.75) is 6.92 Å². The third kappa shape index (κ3) is 3.74. The molecule has 3 nitrogen and oxygen atoms in total. The van der Waals surface area contributed by atoms with Crippen molar-refractivity contribution in [3.63, 3.8) is 0 Å². The SMILES string of the molecule is CCOc1ccc(C(=O)Nc2ccc(Cl)cc2)cc1Br. The van der Waals surface area contributed by atoms with Crippen LogP contribution < -0.4 is 10.1 Å². The Morgan fingerprint density at radius 2 is 1.95 bits per heavy atom. The van der Waals surface area contributed by atoms with Crippen molar-refractivity contribution in [2.75, 3.05) is 11.9 Å². The third-order valence-corrected chi connectivity index (χ3v) is 3.47. The van der Waals surface area contributed by atoms with E-state index >= 15 is 0 Å². The summed E-state index contributed by atoms with van der Waals surface area (Å²) < 4.78 is 6.16. The fraction of sp³-hybridized carbons (Fsp3) is 0.133. The number of ether oxygens (including phenoxy) is 1. The van der Waals surface area contributed by atoms with E-state index in [1.165, 1.54) is 0 Å². The summed E-state index contributed by atoms with van der Waals surface area (Å²) in [5.41, 5.74) is 1.25. The lowest BCUT2D eigenvalue weighted by Crippen LogP contribution is -2.11. The van der Waals surface area contributed by atoms with Gasteiger partial charge in [0.2, 0.25) is 0 Å². The Morgan fingerprint density at radius 3 is 2.55 bits per heavy atom. The van der Waals surface area contributed by atoms with Crippen LogP contribution in [0.1, 0.15) is 17.3 Å². The average Bonchev–Trinajstić information content (AvgIpc) is 2.44. The summed E-state index contributed by atoms with van der Waals surface area (Å²) >= 11 is 9.19. The van der Waals surface area contributed by atoms with E-state index in [9.17, 15) is 4.79 Å². The van der Waals surface area contributed by atoms with Crippen molar-refractivity contribution >= 4 is 39.1 Å². The summed E-state index contributed by atoms with van der Waals surface area (Å²) in [7, 11) is 0.